The van der Waals surface area contributed by atoms with Gasteiger partial charge in [0, 0.05) is 29.0 Å². The zero-order chi connectivity index (χ0) is 11.1. The molecule has 3 aromatic heterocycles. The first kappa shape index (κ1) is 9.35. The van der Waals surface area contributed by atoms with Gasteiger partial charge in [0.1, 0.15) is 11.5 Å². The average molecular weight is 230 g/mol. The smallest absolute Gasteiger partial charge is 0.196 e. The lowest BCUT2D eigenvalue weighted by Crippen LogP contribution is -1.94. The Hall–Kier alpha value is -1.88. The molecule has 4 nitrogen and oxygen atoms in total. The molecule has 0 bridgehead atoms. The van der Waals surface area contributed by atoms with Crippen LogP contribution in [0.15, 0.2) is 29.9 Å². The van der Waals surface area contributed by atoms with Gasteiger partial charge in [-0.15, -0.1) is 11.3 Å². The Balaban J connectivity index is 2.29. The van der Waals surface area contributed by atoms with E-state index in [9.17, 15) is 0 Å². The quantitative estimate of drug-likeness (QED) is 0.698. The number of hydrogen-bond donors (Lipinski definition) is 1. The number of aryl methyl sites for hydroxylation is 1. The summed E-state index contributed by atoms with van der Waals surface area (Å²) < 4.78 is 1.97. The molecule has 0 aliphatic carbocycles. The highest BCUT2D eigenvalue weighted by Crippen LogP contribution is 2.29. The molecule has 0 spiro atoms. The first-order valence-electron chi connectivity index (χ1n) is 4.90. The number of nitrogen functional groups attached to an aromatic ring is 1. The van der Waals surface area contributed by atoms with Crippen LogP contribution >= 0.6 is 11.3 Å². The van der Waals surface area contributed by atoms with Gasteiger partial charge < -0.3 is 5.73 Å². The van der Waals surface area contributed by atoms with Crippen LogP contribution in [0.4, 0.5) is 5.82 Å². The van der Waals surface area contributed by atoms with Crippen LogP contribution in [-0.2, 0) is 0 Å². The second-order valence-electron chi connectivity index (χ2n) is 3.58. The van der Waals surface area contributed by atoms with Crippen molar-refractivity contribution in [1.82, 2.24) is 14.4 Å². The van der Waals surface area contributed by atoms with Gasteiger partial charge in [0.2, 0.25) is 0 Å². The van der Waals surface area contributed by atoms with E-state index in [1.54, 1.807) is 23.7 Å². The summed E-state index contributed by atoms with van der Waals surface area (Å²) in [5, 5.41) is 2.05. The number of pyridine rings is 1. The van der Waals surface area contributed by atoms with Crippen molar-refractivity contribution in [2.75, 3.05) is 5.73 Å². The number of aromatic nitrogens is 3. The van der Waals surface area contributed by atoms with Crippen LogP contribution in [0.5, 0.6) is 0 Å². The van der Waals surface area contributed by atoms with Crippen LogP contribution in [0.1, 0.15) is 5.69 Å². The Morgan fingerprint density at radius 1 is 1.44 bits per heavy atom. The zero-order valence-electron chi connectivity index (χ0n) is 8.71. The molecule has 0 amide bonds. The first-order chi connectivity index (χ1) is 7.77. The van der Waals surface area contributed by atoms with Gasteiger partial charge in [0.25, 0.3) is 0 Å². The van der Waals surface area contributed by atoms with E-state index in [0.29, 0.717) is 5.82 Å². The van der Waals surface area contributed by atoms with Crippen LogP contribution in [0, 0.1) is 6.92 Å². The van der Waals surface area contributed by atoms with Crippen LogP contribution in [0.25, 0.3) is 16.2 Å². The number of nitrogens with zero attached hydrogens (tertiary/aromatic N) is 3. The zero-order valence-corrected chi connectivity index (χ0v) is 9.53. The van der Waals surface area contributed by atoms with Crippen molar-refractivity contribution in [3.8, 4) is 11.3 Å². The number of imidazole rings is 1. The van der Waals surface area contributed by atoms with E-state index in [0.717, 1.165) is 21.9 Å². The second kappa shape index (κ2) is 3.31. The Kier molecular flexibility index (Phi) is 1.94. The van der Waals surface area contributed by atoms with Crippen molar-refractivity contribution < 1.29 is 0 Å². The third-order valence-corrected chi connectivity index (χ3v) is 3.45. The number of hydrogen-bond acceptors (Lipinski definition) is 4. The van der Waals surface area contributed by atoms with E-state index < -0.39 is 0 Å². The fourth-order valence-corrected chi connectivity index (χ4v) is 2.61. The molecule has 5 heteroatoms. The Morgan fingerprint density at radius 3 is 3.00 bits per heavy atom. The van der Waals surface area contributed by atoms with Crippen LogP contribution in [-0.4, -0.2) is 14.4 Å². The van der Waals surface area contributed by atoms with Crippen molar-refractivity contribution in [3.63, 3.8) is 0 Å². The highest BCUT2D eigenvalue weighted by atomic mass is 32.1. The van der Waals surface area contributed by atoms with Crippen molar-refractivity contribution in [3.05, 3.63) is 35.6 Å². The van der Waals surface area contributed by atoms with Crippen LogP contribution < -0.4 is 5.73 Å². The maximum atomic E-state index is 6.10. The predicted molar refractivity (Wildman–Crippen MR) is 65.4 cm³/mol. The molecule has 3 aromatic rings. The standard InChI is InChI=1S/C11H10N4S/c1-7-6-16-11-14-9(10(12)15(7)11)8-3-2-4-13-5-8/h2-6H,12H2,1H3. The molecule has 2 N–H and O–H groups in total. The van der Waals surface area contributed by atoms with E-state index in [1.165, 1.54) is 0 Å². The van der Waals surface area contributed by atoms with Gasteiger partial charge in [-0.1, -0.05) is 0 Å². The Labute approximate surface area is 96.4 Å². The fourth-order valence-electron chi connectivity index (χ4n) is 1.74. The highest BCUT2D eigenvalue weighted by molar-refractivity contribution is 7.15. The van der Waals surface area contributed by atoms with Gasteiger partial charge in [0.15, 0.2) is 4.96 Å². The minimum absolute atomic E-state index is 0.682. The lowest BCUT2D eigenvalue weighted by molar-refractivity contribution is 1.14. The van der Waals surface area contributed by atoms with Crippen molar-refractivity contribution in [2.45, 2.75) is 6.92 Å². The van der Waals surface area contributed by atoms with Gasteiger partial charge in [-0.25, -0.2) is 4.98 Å². The lowest BCUT2D eigenvalue weighted by atomic mass is 10.2. The lowest BCUT2D eigenvalue weighted by Gasteiger charge is -1.98. The monoisotopic (exact) mass is 230 g/mol. The van der Waals surface area contributed by atoms with Crippen molar-refractivity contribution in [1.29, 1.82) is 0 Å². The second-order valence-corrected chi connectivity index (χ2v) is 4.42. The average Bonchev–Trinajstić information content (AvgIpc) is 2.83. The summed E-state index contributed by atoms with van der Waals surface area (Å²) in [7, 11) is 0. The maximum Gasteiger partial charge on any atom is 0.196 e. The number of nitrogens with two attached hydrogens (primary N) is 1. The topological polar surface area (TPSA) is 56.2 Å². The molecule has 0 radical (unpaired) electrons. The molecule has 0 aromatic carbocycles. The number of rotatable bonds is 1. The van der Waals surface area contributed by atoms with Gasteiger partial charge in [-0.3, -0.25) is 9.38 Å². The minimum Gasteiger partial charge on any atom is -0.383 e. The Morgan fingerprint density at radius 2 is 2.31 bits per heavy atom. The largest absolute Gasteiger partial charge is 0.383 e. The molecule has 80 valence electrons. The van der Waals surface area contributed by atoms with E-state index in [4.69, 9.17) is 5.73 Å². The third kappa shape index (κ3) is 1.22. The third-order valence-electron chi connectivity index (χ3n) is 2.50. The van der Waals surface area contributed by atoms with Crippen molar-refractivity contribution >= 4 is 22.1 Å². The molecule has 0 fully saturated rings. The van der Waals surface area contributed by atoms with Gasteiger partial charge in [0.05, 0.1) is 0 Å². The number of anilines is 1. The molecule has 0 saturated carbocycles. The summed E-state index contributed by atoms with van der Waals surface area (Å²) in [6, 6.07) is 3.85. The summed E-state index contributed by atoms with van der Waals surface area (Å²) in [4.78, 5) is 9.52. The molecule has 3 rings (SSSR count). The van der Waals surface area contributed by atoms with E-state index in [1.807, 2.05) is 28.8 Å². The number of fused-ring (bicyclic) bond motifs is 1. The molecule has 16 heavy (non-hydrogen) atoms. The summed E-state index contributed by atoms with van der Waals surface area (Å²) >= 11 is 1.60. The van der Waals surface area contributed by atoms with Gasteiger partial charge >= 0.3 is 0 Å². The molecular weight excluding hydrogens is 220 g/mol. The van der Waals surface area contributed by atoms with E-state index in [2.05, 4.69) is 9.97 Å². The van der Waals surface area contributed by atoms with E-state index >= 15 is 0 Å². The fraction of sp³-hybridized carbons (Fsp3) is 0.0909. The first-order valence-corrected chi connectivity index (χ1v) is 5.78. The van der Waals surface area contributed by atoms with Gasteiger partial charge in [-0.05, 0) is 19.1 Å². The SMILES string of the molecule is Cc1csc2nc(-c3cccnc3)c(N)n12. The molecule has 0 atom stereocenters. The molecule has 0 aliphatic heterocycles. The summed E-state index contributed by atoms with van der Waals surface area (Å²) in [5.74, 6) is 0.682. The Bertz CT molecular complexity index is 639. The summed E-state index contributed by atoms with van der Waals surface area (Å²) in [6.07, 6.45) is 3.52. The van der Waals surface area contributed by atoms with E-state index in [-0.39, 0.29) is 0 Å². The van der Waals surface area contributed by atoms with Crippen LogP contribution in [0.3, 0.4) is 0 Å². The molecule has 0 aliphatic rings. The molecular formula is C11H10N4S. The van der Waals surface area contributed by atoms with Gasteiger partial charge in [-0.2, -0.15) is 0 Å². The highest BCUT2D eigenvalue weighted by Gasteiger charge is 2.13. The summed E-state index contributed by atoms with van der Waals surface area (Å²) in [6.45, 7) is 2.02. The molecule has 0 unspecified atom stereocenters. The predicted octanol–water partition coefficient (Wildman–Crippen LogP) is 2.35. The van der Waals surface area contributed by atoms with Crippen molar-refractivity contribution in [2.24, 2.45) is 0 Å². The molecule has 3 heterocycles. The number of thiazole rings is 1. The minimum atomic E-state index is 0.682. The van der Waals surface area contributed by atoms with Crippen LogP contribution in [0.2, 0.25) is 0 Å². The normalized spacial score (nSPS) is 11.1. The maximum absolute atomic E-state index is 6.10. The molecule has 0 saturated heterocycles. The summed E-state index contributed by atoms with van der Waals surface area (Å²) in [5.41, 5.74) is 8.97.